The highest BCUT2D eigenvalue weighted by Gasteiger charge is 2.06. The lowest BCUT2D eigenvalue weighted by Gasteiger charge is -2.01. The van der Waals surface area contributed by atoms with Crippen molar-refractivity contribution in [2.75, 3.05) is 6.54 Å². The molecule has 0 aliphatic rings. The molecule has 0 saturated carbocycles. The van der Waals surface area contributed by atoms with Crippen LogP contribution < -0.4 is 5.73 Å². The van der Waals surface area contributed by atoms with Crippen LogP contribution in [-0.2, 0) is 13.0 Å². The van der Waals surface area contributed by atoms with Crippen molar-refractivity contribution in [2.24, 2.45) is 5.73 Å². The van der Waals surface area contributed by atoms with Crippen LogP contribution in [0.15, 0.2) is 60.8 Å². The predicted molar refractivity (Wildman–Crippen MR) is 95.2 cm³/mol. The second kappa shape index (κ2) is 6.82. The van der Waals surface area contributed by atoms with E-state index in [4.69, 9.17) is 17.3 Å². The first-order valence-electron chi connectivity index (χ1n) is 7.47. The van der Waals surface area contributed by atoms with Gasteiger partial charge in [-0.2, -0.15) is 0 Å². The van der Waals surface area contributed by atoms with Crippen molar-refractivity contribution in [3.8, 4) is 0 Å². The van der Waals surface area contributed by atoms with E-state index in [0.717, 1.165) is 23.6 Å². The lowest BCUT2D eigenvalue weighted by molar-refractivity contribution is 0.853. The Labute approximate surface area is 135 Å². The van der Waals surface area contributed by atoms with Gasteiger partial charge in [-0.25, -0.2) is 0 Å². The van der Waals surface area contributed by atoms with E-state index < -0.39 is 0 Å². The second-order valence-corrected chi connectivity index (χ2v) is 5.75. The Kier molecular flexibility index (Phi) is 4.62. The van der Waals surface area contributed by atoms with Gasteiger partial charge in [0, 0.05) is 28.7 Å². The quantitative estimate of drug-likeness (QED) is 0.738. The molecule has 0 bridgehead atoms. The molecule has 0 aliphatic carbocycles. The van der Waals surface area contributed by atoms with Gasteiger partial charge >= 0.3 is 0 Å². The molecule has 0 amide bonds. The summed E-state index contributed by atoms with van der Waals surface area (Å²) in [6, 6.07) is 16.3. The van der Waals surface area contributed by atoms with E-state index in [1.165, 1.54) is 16.5 Å². The Balaban J connectivity index is 1.83. The number of nitrogens with zero attached hydrogens (tertiary/aromatic N) is 1. The van der Waals surface area contributed by atoms with Crippen molar-refractivity contribution in [1.82, 2.24) is 4.57 Å². The molecule has 1 aromatic heterocycles. The normalized spacial score (nSPS) is 11.5. The number of rotatable bonds is 5. The molecule has 3 aromatic rings. The summed E-state index contributed by atoms with van der Waals surface area (Å²) >= 11 is 5.90. The molecule has 2 nitrogen and oxygen atoms in total. The lowest BCUT2D eigenvalue weighted by atomic mass is 10.1. The molecule has 0 radical (unpaired) electrons. The van der Waals surface area contributed by atoms with Crippen molar-refractivity contribution in [3.63, 3.8) is 0 Å². The van der Waals surface area contributed by atoms with Gasteiger partial charge in [0.25, 0.3) is 0 Å². The van der Waals surface area contributed by atoms with Crippen LogP contribution in [0, 0.1) is 0 Å². The first-order valence-corrected chi connectivity index (χ1v) is 7.84. The van der Waals surface area contributed by atoms with E-state index in [0.29, 0.717) is 6.54 Å². The van der Waals surface area contributed by atoms with Crippen molar-refractivity contribution in [3.05, 3.63) is 77.0 Å². The molecule has 0 spiro atoms. The molecule has 0 aliphatic heterocycles. The van der Waals surface area contributed by atoms with E-state index in [1.807, 2.05) is 24.3 Å². The standard InChI is InChI=1S/C19H19ClN2/c20-17-9-7-15(8-10-17)4-3-13-22-14-16(11-12-21)18-5-1-2-6-19(18)22/h1-10,14H,11-13,21H2. The minimum atomic E-state index is 0.675. The molecule has 3 rings (SSSR count). The number of fused-ring (bicyclic) bond motifs is 1. The molecule has 22 heavy (non-hydrogen) atoms. The van der Waals surface area contributed by atoms with Gasteiger partial charge < -0.3 is 10.3 Å². The molecule has 112 valence electrons. The second-order valence-electron chi connectivity index (χ2n) is 5.32. The molecule has 0 unspecified atom stereocenters. The summed E-state index contributed by atoms with van der Waals surface area (Å²) < 4.78 is 2.27. The number of hydrogen-bond acceptors (Lipinski definition) is 1. The van der Waals surface area contributed by atoms with Crippen LogP contribution in [0.3, 0.4) is 0 Å². The first kappa shape index (κ1) is 14.9. The SMILES string of the molecule is NCCc1cn(CC=Cc2ccc(Cl)cc2)c2ccccc12. The maximum Gasteiger partial charge on any atom is 0.0486 e. The van der Waals surface area contributed by atoms with Crippen molar-refractivity contribution < 1.29 is 0 Å². The fraction of sp³-hybridized carbons (Fsp3) is 0.158. The van der Waals surface area contributed by atoms with Gasteiger partial charge in [-0.05, 0) is 42.3 Å². The summed E-state index contributed by atoms with van der Waals surface area (Å²) in [7, 11) is 0. The maximum absolute atomic E-state index is 5.90. The smallest absolute Gasteiger partial charge is 0.0486 e. The average Bonchev–Trinajstić information content (AvgIpc) is 2.88. The largest absolute Gasteiger partial charge is 0.343 e. The Bertz CT molecular complexity index is 785. The van der Waals surface area contributed by atoms with Crippen molar-refractivity contribution in [1.29, 1.82) is 0 Å². The molecule has 3 heteroatoms. The number of nitrogens with two attached hydrogens (primary N) is 1. The number of hydrogen-bond donors (Lipinski definition) is 1. The minimum Gasteiger partial charge on any atom is -0.343 e. The summed E-state index contributed by atoms with van der Waals surface area (Å²) in [5.74, 6) is 0. The summed E-state index contributed by atoms with van der Waals surface area (Å²) in [4.78, 5) is 0. The summed E-state index contributed by atoms with van der Waals surface area (Å²) in [6.45, 7) is 1.52. The van der Waals surface area contributed by atoms with Crippen LogP contribution in [-0.4, -0.2) is 11.1 Å². The fourth-order valence-corrected chi connectivity index (χ4v) is 2.83. The molecule has 2 aromatic carbocycles. The third-order valence-electron chi connectivity index (χ3n) is 3.77. The molecule has 0 atom stereocenters. The highest BCUT2D eigenvalue weighted by atomic mass is 35.5. The molecule has 0 fully saturated rings. The van der Waals surface area contributed by atoms with E-state index in [-0.39, 0.29) is 0 Å². The maximum atomic E-state index is 5.90. The molecule has 0 saturated heterocycles. The highest BCUT2D eigenvalue weighted by molar-refractivity contribution is 6.30. The number of aromatic nitrogens is 1. The zero-order chi connectivity index (χ0) is 15.4. The van der Waals surface area contributed by atoms with Gasteiger partial charge in [0.15, 0.2) is 0 Å². The number of halogens is 1. The third-order valence-corrected chi connectivity index (χ3v) is 4.02. The van der Waals surface area contributed by atoms with Crippen LogP contribution in [0.5, 0.6) is 0 Å². The van der Waals surface area contributed by atoms with Gasteiger partial charge in [0.2, 0.25) is 0 Å². The van der Waals surface area contributed by atoms with Crippen LogP contribution >= 0.6 is 11.6 Å². The molecular weight excluding hydrogens is 292 g/mol. The van der Waals surface area contributed by atoms with E-state index in [2.05, 4.69) is 47.2 Å². The highest BCUT2D eigenvalue weighted by Crippen LogP contribution is 2.21. The summed E-state index contributed by atoms with van der Waals surface area (Å²) in [5.41, 5.74) is 9.44. The van der Waals surface area contributed by atoms with Crippen LogP contribution in [0.25, 0.3) is 17.0 Å². The van der Waals surface area contributed by atoms with E-state index >= 15 is 0 Å². The van der Waals surface area contributed by atoms with Crippen molar-refractivity contribution >= 4 is 28.6 Å². The molecular formula is C19H19ClN2. The third kappa shape index (κ3) is 3.24. The average molecular weight is 311 g/mol. The van der Waals surface area contributed by atoms with Crippen molar-refractivity contribution in [2.45, 2.75) is 13.0 Å². The van der Waals surface area contributed by atoms with Gasteiger partial charge in [0.05, 0.1) is 0 Å². The van der Waals surface area contributed by atoms with Crippen LogP contribution in [0.2, 0.25) is 5.02 Å². The van der Waals surface area contributed by atoms with Crippen LogP contribution in [0.4, 0.5) is 0 Å². The first-order chi connectivity index (χ1) is 10.8. The summed E-state index contributed by atoms with van der Waals surface area (Å²) in [6.07, 6.45) is 7.41. The zero-order valence-corrected chi connectivity index (χ0v) is 13.1. The number of allylic oxidation sites excluding steroid dienone is 1. The topological polar surface area (TPSA) is 30.9 Å². The van der Waals surface area contributed by atoms with Gasteiger partial charge in [-0.15, -0.1) is 0 Å². The van der Waals surface area contributed by atoms with E-state index in [9.17, 15) is 0 Å². The number of para-hydroxylation sites is 1. The zero-order valence-electron chi connectivity index (χ0n) is 12.4. The fourth-order valence-electron chi connectivity index (χ4n) is 2.70. The molecule has 2 N–H and O–H groups in total. The van der Waals surface area contributed by atoms with Crippen LogP contribution in [0.1, 0.15) is 11.1 Å². The Morgan fingerprint density at radius 2 is 1.82 bits per heavy atom. The van der Waals surface area contributed by atoms with Gasteiger partial charge in [0.1, 0.15) is 0 Å². The monoisotopic (exact) mass is 310 g/mol. The Morgan fingerprint density at radius 1 is 1.05 bits per heavy atom. The van der Waals surface area contributed by atoms with E-state index in [1.54, 1.807) is 0 Å². The lowest BCUT2D eigenvalue weighted by Crippen LogP contribution is -2.02. The minimum absolute atomic E-state index is 0.675. The Morgan fingerprint density at radius 3 is 2.59 bits per heavy atom. The number of benzene rings is 2. The van der Waals surface area contributed by atoms with Gasteiger partial charge in [-0.1, -0.05) is 54.1 Å². The Hall–Kier alpha value is -2.03. The molecule has 1 heterocycles. The van der Waals surface area contributed by atoms with Gasteiger partial charge in [-0.3, -0.25) is 0 Å². The predicted octanol–water partition coefficient (Wildman–Crippen LogP) is 4.51. The summed E-state index contributed by atoms with van der Waals surface area (Å²) in [5, 5.41) is 2.06.